The summed E-state index contributed by atoms with van der Waals surface area (Å²) in [7, 11) is 1.74. The normalized spacial score (nSPS) is 20.0. The molecule has 2 unspecified atom stereocenters. The van der Waals surface area contributed by atoms with Gasteiger partial charge in [-0.1, -0.05) is 122 Å². The fourth-order valence-corrected chi connectivity index (χ4v) is 5.93. The van der Waals surface area contributed by atoms with Crippen LogP contribution in [0.15, 0.2) is 4.99 Å². The zero-order chi connectivity index (χ0) is 24.6. The van der Waals surface area contributed by atoms with Crippen molar-refractivity contribution < 1.29 is 9.59 Å². The molecule has 0 radical (unpaired) electrons. The third kappa shape index (κ3) is 9.79. The van der Waals surface area contributed by atoms with Gasteiger partial charge in [-0.15, -0.1) is 0 Å². The summed E-state index contributed by atoms with van der Waals surface area (Å²) in [4.78, 5) is 33.4. The number of nitrogens with one attached hydrogen (secondary N) is 1. The summed E-state index contributed by atoms with van der Waals surface area (Å²) in [5.74, 6) is 0.829. The van der Waals surface area contributed by atoms with Crippen LogP contribution in [0, 0.1) is 0 Å². The summed E-state index contributed by atoms with van der Waals surface area (Å²) in [5, 5.41) is 3.47. The van der Waals surface area contributed by atoms with E-state index >= 15 is 0 Å². The van der Waals surface area contributed by atoms with E-state index in [0.717, 1.165) is 23.9 Å². The summed E-state index contributed by atoms with van der Waals surface area (Å²) in [5.41, 5.74) is 0. The highest BCUT2D eigenvalue weighted by atomic mass is 32.2. The number of unbranched alkanes of at least 4 members (excludes halogenated alkanes) is 15. The lowest BCUT2D eigenvalue weighted by Gasteiger charge is -2.36. The van der Waals surface area contributed by atoms with Gasteiger partial charge in [0.1, 0.15) is 0 Å². The molecule has 0 aliphatic carbocycles. The van der Waals surface area contributed by atoms with Gasteiger partial charge in [-0.05, 0) is 12.8 Å². The Hall–Kier alpha value is -1.24. The van der Waals surface area contributed by atoms with Gasteiger partial charge in [0.25, 0.3) is 5.91 Å². The van der Waals surface area contributed by atoms with Crippen molar-refractivity contribution in [2.45, 2.75) is 135 Å². The molecular weight excluding hydrogens is 444 g/mol. The molecule has 196 valence electrons. The molecule has 2 heterocycles. The molecule has 6 nitrogen and oxygen atoms in total. The summed E-state index contributed by atoms with van der Waals surface area (Å²) in [6.45, 7) is 5.36. The molecule has 2 rings (SSSR count). The maximum atomic E-state index is 12.7. The average molecular weight is 495 g/mol. The average Bonchev–Trinajstić information content (AvgIpc) is 3.19. The van der Waals surface area contributed by atoms with Crippen molar-refractivity contribution in [3.05, 3.63) is 0 Å². The Balaban J connectivity index is 1.75. The van der Waals surface area contributed by atoms with Crippen molar-refractivity contribution in [3.63, 3.8) is 0 Å². The topological polar surface area (TPSA) is 65.0 Å². The van der Waals surface area contributed by atoms with Crippen molar-refractivity contribution >= 4 is 28.9 Å². The van der Waals surface area contributed by atoms with Crippen molar-refractivity contribution in [1.29, 1.82) is 0 Å². The molecule has 3 amide bonds. The highest BCUT2D eigenvalue weighted by Gasteiger charge is 2.48. The molecule has 0 spiro atoms. The molecule has 0 bridgehead atoms. The molecule has 1 saturated heterocycles. The smallest absolute Gasteiger partial charge is 0.325 e. The lowest BCUT2D eigenvalue weighted by molar-refractivity contribution is -0.127. The number of hydrogen-bond donors (Lipinski definition) is 1. The first kappa shape index (κ1) is 29.0. The standard InChI is InChI=1S/C27H50N4O2S/c1-4-6-8-10-12-13-14-15-17-19-21-31-23-24(30(3)26(33)29-25(23)32)28-27(31)34-22-20-18-16-11-9-7-5-2/h23-24H,4-22H2,1-3H3,(H,29,32,33). The SMILES string of the molecule is CCCCCCCCCCCCN1C(SCCCCCCCCC)=NC2C1C(=O)NC(=O)N2C. The number of thioether (sulfide) groups is 1. The van der Waals surface area contributed by atoms with Crippen LogP contribution in [0.4, 0.5) is 4.79 Å². The van der Waals surface area contributed by atoms with Gasteiger partial charge in [-0.2, -0.15) is 0 Å². The number of carbonyl (C=O) groups is 2. The number of hydrogen-bond acceptors (Lipinski definition) is 5. The molecule has 2 aliphatic rings. The zero-order valence-corrected chi connectivity index (χ0v) is 23.0. The summed E-state index contributed by atoms with van der Waals surface area (Å²) < 4.78 is 0. The van der Waals surface area contributed by atoms with Crippen LogP contribution in [-0.2, 0) is 4.79 Å². The molecule has 0 saturated carbocycles. The molecule has 34 heavy (non-hydrogen) atoms. The van der Waals surface area contributed by atoms with Crippen molar-refractivity contribution in [2.24, 2.45) is 4.99 Å². The maximum absolute atomic E-state index is 12.7. The quantitative estimate of drug-likeness (QED) is 0.198. The van der Waals surface area contributed by atoms with E-state index in [0.29, 0.717) is 0 Å². The van der Waals surface area contributed by atoms with E-state index < -0.39 is 0 Å². The van der Waals surface area contributed by atoms with E-state index in [4.69, 9.17) is 4.99 Å². The number of rotatable bonds is 19. The fraction of sp³-hybridized carbons (Fsp3) is 0.889. The van der Waals surface area contributed by atoms with Crippen LogP contribution in [0.2, 0.25) is 0 Å². The highest BCUT2D eigenvalue weighted by molar-refractivity contribution is 8.13. The van der Waals surface area contributed by atoms with E-state index in [1.807, 2.05) is 0 Å². The van der Waals surface area contributed by atoms with Crippen LogP contribution in [0.1, 0.15) is 123 Å². The van der Waals surface area contributed by atoms with Gasteiger partial charge in [0.05, 0.1) is 0 Å². The Morgan fingerprint density at radius 3 is 1.82 bits per heavy atom. The van der Waals surface area contributed by atoms with E-state index in [1.165, 1.54) is 103 Å². The molecule has 0 aromatic rings. The molecule has 2 atom stereocenters. The number of fused-ring (bicyclic) bond motifs is 1. The number of urea groups is 1. The third-order valence-corrected chi connectivity index (χ3v) is 8.15. The van der Waals surface area contributed by atoms with Crippen LogP contribution in [0.25, 0.3) is 0 Å². The number of amidine groups is 1. The van der Waals surface area contributed by atoms with Crippen LogP contribution < -0.4 is 5.32 Å². The number of carbonyl (C=O) groups excluding carboxylic acids is 2. The van der Waals surface area contributed by atoms with Crippen molar-refractivity contribution in [1.82, 2.24) is 15.1 Å². The Morgan fingerprint density at radius 1 is 0.765 bits per heavy atom. The number of likely N-dealkylation sites (N-methyl/N-ethyl adjacent to an activating group) is 1. The number of imide groups is 1. The van der Waals surface area contributed by atoms with Crippen LogP contribution in [0.5, 0.6) is 0 Å². The molecular formula is C27H50N4O2S. The Labute approximate surface area is 213 Å². The van der Waals surface area contributed by atoms with E-state index in [2.05, 4.69) is 24.1 Å². The maximum Gasteiger partial charge on any atom is 0.325 e. The summed E-state index contributed by atoms with van der Waals surface area (Å²) >= 11 is 1.77. The number of nitrogens with zero attached hydrogens (tertiary/aromatic N) is 3. The Morgan fingerprint density at radius 2 is 1.26 bits per heavy atom. The second kappa shape index (κ2) is 17.2. The van der Waals surface area contributed by atoms with E-state index in [-0.39, 0.29) is 24.1 Å². The third-order valence-electron chi connectivity index (χ3n) is 7.05. The van der Waals surface area contributed by atoms with Gasteiger partial charge in [-0.25, -0.2) is 9.79 Å². The lowest BCUT2D eigenvalue weighted by atomic mass is 10.1. The van der Waals surface area contributed by atoms with Gasteiger partial charge >= 0.3 is 6.03 Å². The first-order valence-electron chi connectivity index (χ1n) is 14.1. The minimum Gasteiger partial charge on any atom is -0.336 e. The van der Waals surface area contributed by atoms with Gasteiger partial charge in [0.2, 0.25) is 0 Å². The monoisotopic (exact) mass is 494 g/mol. The molecule has 1 fully saturated rings. The van der Waals surface area contributed by atoms with Gasteiger partial charge in [0, 0.05) is 19.3 Å². The molecule has 7 heteroatoms. The predicted octanol–water partition coefficient (Wildman–Crippen LogP) is 6.94. The zero-order valence-electron chi connectivity index (χ0n) is 22.2. The highest BCUT2D eigenvalue weighted by Crippen LogP contribution is 2.29. The Bertz CT molecular complexity index is 628. The van der Waals surface area contributed by atoms with Crippen LogP contribution >= 0.6 is 11.8 Å². The second-order valence-corrected chi connectivity index (χ2v) is 11.1. The minimum absolute atomic E-state index is 0.199. The number of amides is 3. The number of aliphatic imine (C=N–C) groups is 1. The lowest BCUT2D eigenvalue weighted by Crippen LogP contribution is -2.63. The summed E-state index contributed by atoms with van der Waals surface area (Å²) in [6.07, 6.45) is 21.6. The first-order valence-corrected chi connectivity index (χ1v) is 15.1. The van der Waals surface area contributed by atoms with Gasteiger partial charge < -0.3 is 9.80 Å². The summed E-state index contributed by atoms with van der Waals surface area (Å²) in [6, 6.07) is -0.718. The second-order valence-electron chi connectivity index (χ2n) is 10.0. The van der Waals surface area contributed by atoms with E-state index in [1.54, 1.807) is 23.7 Å². The van der Waals surface area contributed by atoms with Crippen LogP contribution in [-0.4, -0.2) is 58.5 Å². The molecule has 2 aliphatic heterocycles. The van der Waals surface area contributed by atoms with Crippen molar-refractivity contribution in [3.8, 4) is 0 Å². The van der Waals surface area contributed by atoms with Gasteiger partial charge in [-0.3, -0.25) is 10.1 Å². The van der Waals surface area contributed by atoms with Crippen molar-refractivity contribution in [2.75, 3.05) is 19.3 Å². The fourth-order valence-electron chi connectivity index (χ4n) is 4.85. The molecule has 0 aromatic heterocycles. The van der Waals surface area contributed by atoms with Gasteiger partial charge in [0.15, 0.2) is 17.4 Å². The molecule has 0 aromatic carbocycles. The first-order chi connectivity index (χ1) is 16.6. The Kier molecular flexibility index (Phi) is 14.7. The largest absolute Gasteiger partial charge is 0.336 e. The van der Waals surface area contributed by atoms with E-state index in [9.17, 15) is 9.59 Å². The molecule has 1 N–H and O–H groups in total. The minimum atomic E-state index is -0.388. The van der Waals surface area contributed by atoms with Crippen LogP contribution in [0.3, 0.4) is 0 Å². The predicted molar refractivity (Wildman–Crippen MR) is 145 cm³/mol.